The minimum atomic E-state index is -0.368. The lowest BCUT2D eigenvalue weighted by Crippen LogP contribution is -2.49. The summed E-state index contributed by atoms with van der Waals surface area (Å²) < 4.78 is 5.63. The second-order valence-electron chi connectivity index (χ2n) is 8.44. The Kier molecular flexibility index (Phi) is 5.20. The van der Waals surface area contributed by atoms with Crippen LogP contribution >= 0.6 is 11.3 Å². The van der Waals surface area contributed by atoms with Gasteiger partial charge in [0.05, 0.1) is 29.4 Å². The van der Waals surface area contributed by atoms with E-state index in [1.165, 1.54) is 6.42 Å². The molecule has 158 valence electrons. The number of rotatable bonds is 5. The molecule has 5 rings (SSSR count). The molecule has 4 atom stereocenters. The molecule has 8 heteroatoms. The maximum Gasteiger partial charge on any atom is 0.257 e. The predicted octanol–water partition coefficient (Wildman–Crippen LogP) is 3.14. The van der Waals surface area contributed by atoms with Crippen LogP contribution in [0, 0.1) is 5.92 Å². The van der Waals surface area contributed by atoms with Gasteiger partial charge in [0.25, 0.3) is 5.91 Å². The van der Waals surface area contributed by atoms with Crippen molar-refractivity contribution in [3.63, 3.8) is 0 Å². The monoisotopic (exact) mass is 426 g/mol. The van der Waals surface area contributed by atoms with Crippen molar-refractivity contribution in [2.75, 3.05) is 6.54 Å². The van der Waals surface area contributed by atoms with Gasteiger partial charge in [0, 0.05) is 12.5 Å². The number of hydrogen-bond donors (Lipinski definition) is 1. The van der Waals surface area contributed by atoms with E-state index in [0.717, 1.165) is 42.0 Å². The normalized spacial score (nSPS) is 29.1. The number of thiophene rings is 1. The number of fused-ring (bicyclic) bond motifs is 1. The van der Waals surface area contributed by atoms with Crippen LogP contribution in [0.1, 0.15) is 55.2 Å². The van der Waals surface area contributed by atoms with Crippen molar-refractivity contribution < 1.29 is 14.0 Å². The van der Waals surface area contributed by atoms with Crippen molar-refractivity contribution in [3.8, 4) is 0 Å². The molecular weight excluding hydrogens is 400 g/mol. The molecule has 4 unspecified atom stereocenters. The van der Waals surface area contributed by atoms with Gasteiger partial charge in [-0.2, -0.15) is 5.10 Å². The highest BCUT2D eigenvalue weighted by Crippen LogP contribution is 2.40. The van der Waals surface area contributed by atoms with Crippen molar-refractivity contribution >= 4 is 28.9 Å². The van der Waals surface area contributed by atoms with Gasteiger partial charge in [0.1, 0.15) is 11.8 Å². The lowest BCUT2D eigenvalue weighted by molar-refractivity contribution is -0.136. The standard InChI is InChI=1S/C22H26N4O3S/c23-22(28)18-11-14-5-1-2-6-16(14)25(18)13-21(27)26-17(19-7-3-9-29-19)12-15(24-26)20-8-4-10-30-20/h3-4,7-10,14,16-18H,1-2,5-6,11-13H2,(H2,23,28). The number of furan rings is 1. The Labute approximate surface area is 179 Å². The summed E-state index contributed by atoms with van der Waals surface area (Å²) in [6.07, 6.45) is 7.46. The number of carbonyl (C=O) groups excluding carboxylic acids is 2. The van der Waals surface area contributed by atoms with E-state index in [0.29, 0.717) is 12.3 Å². The lowest BCUT2D eigenvalue weighted by atomic mass is 9.84. The van der Waals surface area contributed by atoms with Crippen molar-refractivity contribution in [1.29, 1.82) is 0 Å². The number of nitrogens with zero attached hydrogens (tertiary/aromatic N) is 3. The van der Waals surface area contributed by atoms with Crippen LogP contribution in [0.15, 0.2) is 45.4 Å². The molecule has 1 saturated heterocycles. The first-order chi connectivity index (χ1) is 14.6. The van der Waals surface area contributed by atoms with E-state index < -0.39 is 0 Å². The fourth-order valence-electron chi connectivity index (χ4n) is 5.32. The summed E-state index contributed by atoms with van der Waals surface area (Å²) >= 11 is 1.61. The van der Waals surface area contributed by atoms with E-state index in [2.05, 4.69) is 0 Å². The van der Waals surface area contributed by atoms with Crippen molar-refractivity contribution in [3.05, 3.63) is 46.5 Å². The Balaban J connectivity index is 1.40. The molecule has 0 aromatic carbocycles. The van der Waals surface area contributed by atoms with E-state index in [9.17, 15) is 9.59 Å². The Hall–Kier alpha value is -2.45. The second kappa shape index (κ2) is 8.00. The Morgan fingerprint density at radius 3 is 2.83 bits per heavy atom. The average Bonchev–Trinajstić information content (AvgIpc) is 3.53. The van der Waals surface area contributed by atoms with Crippen molar-refractivity contribution in [2.45, 2.75) is 56.7 Å². The minimum absolute atomic E-state index is 0.111. The van der Waals surface area contributed by atoms with Crippen LogP contribution in [-0.2, 0) is 9.59 Å². The van der Waals surface area contributed by atoms with Gasteiger partial charge in [-0.15, -0.1) is 11.3 Å². The van der Waals surface area contributed by atoms with Crippen LogP contribution < -0.4 is 5.73 Å². The predicted molar refractivity (Wildman–Crippen MR) is 114 cm³/mol. The quantitative estimate of drug-likeness (QED) is 0.795. The number of likely N-dealkylation sites (tertiary alicyclic amines) is 1. The highest BCUT2D eigenvalue weighted by atomic mass is 32.1. The van der Waals surface area contributed by atoms with Gasteiger partial charge in [-0.05, 0) is 48.8 Å². The van der Waals surface area contributed by atoms with Gasteiger partial charge in [0.2, 0.25) is 5.91 Å². The van der Waals surface area contributed by atoms with Gasteiger partial charge in [0.15, 0.2) is 0 Å². The summed E-state index contributed by atoms with van der Waals surface area (Å²) in [5.41, 5.74) is 6.61. The molecule has 1 aliphatic carbocycles. The molecule has 2 aliphatic heterocycles. The zero-order valence-corrected chi connectivity index (χ0v) is 17.6. The number of primary amides is 1. The largest absolute Gasteiger partial charge is 0.467 e. The minimum Gasteiger partial charge on any atom is -0.467 e. The number of carbonyl (C=O) groups is 2. The molecular formula is C22H26N4O3S. The van der Waals surface area contributed by atoms with E-state index in [1.54, 1.807) is 22.6 Å². The molecule has 0 spiro atoms. The van der Waals surface area contributed by atoms with Gasteiger partial charge in [-0.3, -0.25) is 14.5 Å². The van der Waals surface area contributed by atoms with Gasteiger partial charge >= 0.3 is 0 Å². The molecule has 2 amide bonds. The molecule has 2 fully saturated rings. The zero-order valence-electron chi connectivity index (χ0n) is 16.8. The Morgan fingerprint density at radius 1 is 1.23 bits per heavy atom. The number of nitrogens with two attached hydrogens (primary N) is 1. The fraction of sp³-hybridized carbons (Fsp3) is 0.500. The first-order valence-electron chi connectivity index (χ1n) is 10.6. The van der Waals surface area contributed by atoms with Crippen LogP contribution in [0.2, 0.25) is 0 Å². The summed E-state index contributed by atoms with van der Waals surface area (Å²) in [6.45, 7) is 0.160. The van der Waals surface area contributed by atoms with Crippen molar-refractivity contribution in [1.82, 2.24) is 9.91 Å². The summed E-state index contributed by atoms with van der Waals surface area (Å²) in [6, 6.07) is 7.35. The van der Waals surface area contributed by atoms with Gasteiger partial charge in [-0.25, -0.2) is 5.01 Å². The van der Waals surface area contributed by atoms with Crippen LogP contribution in [0.25, 0.3) is 0 Å². The maximum atomic E-state index is 13.5. The first kappa shape index (κ1) is 19.5. The molecule has 0 bridgehead atoms. The number of amides is 2. The summed E-state index contributed by atoms with van der Waals surface area (Å²) in [5.74, 6) is 0.736. The molecule has 2 aromatic heterocycles. The van der Waals surface area contributed by atoms with Crippen LogP contribution in [0.5, 0.6) is 0 Å². The molecule has 3 aliphatic rings. The maximum absolute atomic E-state index is 13.5. The second-order valence-corrected chi connectivity index (χ2v) is 9.38. The molecule has 2 aromatic rings. The highest BCUT2D eigenvalue weighted by Gasteiger charge is 2.46. The summed E-state index contributed by atoms with van der Waals surface area (Å²) in [4.78, 5) is 28.7. The topological polar surface area (TPSA) is 92.1 Å². The molecule has 30 heavy (non-hydrogen) atoms. The van der Waals surface area contributed by atoms with Gasteiger partial charge < -0.3 is 10.2 Å². The molecule has 2 N–H and O–H groups in total. The molecule has 0 radical (unpaired) electrons. The fourth-order valence-corrected chi connectivity index (χ4v) is 6.04. The smallest absolute Gasteiger partial charge is 0.257 e. The Bertz CT molecular complexity index is 940. The molecule has 4 heterocycles. The third-order valence-corrected chi connectivity index (χ3v) is 7.63. The van der Waals surface area contributed by atoms with E-state index in [1.807, 2.05) is 34.5 Å². The van der Waals surface area contributed by atoms with Crippen LogP contribution in [-0.4, -0.2) is 46.1 Å². The average molecular weight is 427 g/mol. The Morgan fingerprint density at radius 2 is 2.10 bits per heavy atom. The third-order valence-electron chi connectivity index (χ3n) is 6.71. The van der Waals surface area contributed by atoms with E-state index in [-0.39, 0.29) is 36.5 Å². The highest BCUT2D eigenvalue weighted by molar-refractivity contribution is 7.12. The first-order valence-corrected chi connectivity index (χ1v) is 11.5. The SMILES string of the molecule is NC(=O)C1CC2CCCCC2N1CC(=O)N1N=C(c2cccs2)CC1c1ccco1. The molecule has 7 nitrogen and oxygen atoms in total. The van der Waals surface area contributed by atoms with E-state index >= 15 is 0 Å². The lowest BCUT2D eigenvalue weighted by Gasteiger charge is -2.33. The van der Waals surface area contributed by atoms with Crippen molar-refractivity contribution in [2.24, 2.45) is 16.8 Å². The number of hydrazone groups is 1. The van der Waals surface area contributed by atoms with E-state index in [4.69, 9.17) is 15.3 Å². The summed E-state index contributed by atoms with van der Waals surface area (Å²) in [5, 5.41) is 8.26. The molecule has 1 saturated carbocycles. The van der Waals surface area contributed by atoms with Crippen LogP contribution in [0.4, 0.5) is 0 Å². The summed E-state index contributed by atoms with van der Waals surface area (Å²) in [7, 11) is 0. The van der Waals surface area contributed by atoms with Gasteiger partial charge in [-0.1, -0.05) is 18.9 Å². The zero-order chi connectivity index (χ0) is 20.7. The third kappa shape index (κ3) is 3.48. The number of hydrogen-bond acceptors (Lipinski definition) is 6. The van der Waals surface area contributed by atoms with Crippen LogP contribution in [0.3, 0.4) is 0 Å².